The number of aromatic nitrogens is 4. The first-order valence-electron chi connectivity index (χ1n) is 8.50. The Morgan fingerprint density at radius 1 is 1.28 bits per heavy atom. The molecule has 0 atom stereocenters. The molecule has 1 N–H and O–H groups in total. The Bertz CT molecular complexity index is 1030. The summed E-state index contributed by atoms with van der Waals surface area (Å²) in [6.07, 6.45) is -1.58. The van der Waals surface area contributed by atoms with Gasteiger partial charge in [-0.2, -0.15) is 23.4 Å². The first-order chi connectivity index (χ1) is 13.6. The second-order valence-corrected chi connectivity index (χ2v) is 7.14. The Balaban J connectivity index is 1.57. The largest absolute Gasteiger partial charge is 0.436 e. The maximum atomic E-state index is 12.9. The number of nitrogens with zero attached hydrogens (tertiary/aromatic N) is 4. The molecule has 0 aliphatic heterocycles. The van der Waals surface area contributed by atoms with Gasteiger partial charge in [-0.25, -0.2) is 0 Å². The predicted molar refractivity (Wildman–Crippen MR) is 103 cm³/mol. The third-order valence-electron chi connectivity index (χ3n) is 4.10. The van der Waals surface area contributed by atoms with Crippen LogP contribution in [0.2, 0.25) is 10.0 Å². The molecular weight excluding hydrogens is 430 g/mol. The van der Waals surface area contributed by atoms with Gasteiger partial charge in [0.15, 0.2) is 5.69 Å². The summed E-state index contributed by atoms with van der Waals surface area (Å²) in [5, 5.41) is 10.5. The molecule has 0 radical (unpaired) electrons. The Morgan fingerprint density at radius 2 is 2.03 bits per heavy atom. The lowest BCUT2D eigenvalue weighted by atomic mass is 10.2. The minimum Gasteiger partial charge on any atom is -0.323 e. The molecule has 29 heavy (non-hydrogen) atoms. The zero-order valence-electron chi connectivity index (χ0n) is 15.2. The second-order valence-electron chi connectivity index (χ2n) is 6.32. The molecule has 2 aromatic heterocycles. The first kappa shape index (κ1) is 21.2. The van der Waals surface area contributed by atoms with Gasteiger partial charge in [0.1, 0.15) is 0 Å². The number of hydrogen-bond acceptors (Lipinski definition) is 3. The lowest BCUT2D eigenvalue weighted by molar-refractivity contribution is -0.141. The number of amides is 1. The average Bonchev–Trinajstić information content (AvgIpc) is 3.18. The molecule has 0 spiro atoms. The van der Waals surface area contributed by atoms with Crippen LogP contribution in [-0.4, -0.2) is 25.5 Å². The minimum absolute atomic E-state index is 0.0376. The van der Waals surface area contributed by atoms with Crippen molar-refractivity contribution in [1.82, 2.24) is 19.6 Å². The van der Waals surface area contributed by atoms with Crippen LogP contribution in [0, 0.1) is 6.92 Å². The molecule has 0 aliphatic carbocycles. The molecule has 6 nitrogen and oxygen atoms in total. The van der Waals surface area contributed by atoms with Crippen molar-refractivity contribution in [1.29, 1.82) is 0 Å². The monoisotopic (exact) mass is 445 g/mol. The van der Waals surface area contributed by atoms with Gasteiger partial charge in [0.2, 0.25) is 5.91 Å². The number of anilines is 1. The highest BCUT2D eigenvalue weighted by Crippen LogP contribution is 2.35. The van der Waals surface area contributed by atoms with Crippen LogP contribution in [0.15, 0.2) is 36.7 Å². The zero-order chi connectivity index (χ0) is 21.2. The van der Waals surface area contributed by atoms with Crippen molar-refractivity contribution in [2.45, 2.75) is 32.6 Å². The molecule has 0 bridgehead atoms. The third kappa shape index (κ3) is 5.30. The topological polar surface area (TPSA) is 64.7 Å². The van der Waals surface area contributed by atoms with Crippen LogP contribution in [0.25, 0.3) is 0 Å². The van der Waals surface area contributed by atoms with Crippen LogP contribution in [0.5, 0.6) is 0 Å². The van der Waals surface area contributed by atoms with E-state index in [1.807, 2.05) is 18.2 Å². The Labute approximate surface area is 174 Å². The summed E-state index contributed by atoms with van der Waals surface area (Å²) in [6.45, 7) is 1.86. The number of hydrogen-bond donors (Lipinski definition) is 1. The van der Waals surface area contributed by atoms with E-state index in [1.165, 1.54) is 13.1 Å². The molecule has 0 aliphatic rings. The summed E-state index contributed by atoms with van der Waals surface area (Å²) >= 11 is 11.7. The molecule has 11 heteroatoms. The normalized spacial score (nSPS) is 11.7. The van der Waals surface area contributed by atoms with E-state index >= 15 is 0 Å². The predicted octanol–water partition coefficient (Wildman–Crippen LogP) is 4.79. The van der Waals surface area contributed by atoms with Crippen LogP contribution in [0.3, 0.4) is 0 Å². The van der Waals surface area contributed by atoms with Gasteiger partial charge < -0.3 is 5.32 Å². The van der Waals surface area contributed by atoms with Crippen LogP contribution in [0.1, 0.15) is 23.4 Å². The van der Waals surface area contributed by atoms with E-state index in [0.717, 1.165) is 10.2 Å². The highest BCUT2D eigenvalue weighted by Gasteiger charge is 2.38. The summed E-state index contributed by atoms with van der Waals surface area (Å²) in [5.41, 5.74) is 0.425. The van der Waals surface area contributed by atoms with Crippen molar-refractivity contribution in [2.75, 3.05) is 5.32 Å². The molecule has 0 unspecified atom stereocenters. The summed E-state index contributed by atoms with van der Waals surface area (Å²) in [7, 11) is 0. The number of carbonyl (C=O) groups is 1. The Morgan fingerprint density at radius 3 is 2.69 bits per heavy atom. The molecule has 154 valence electrons. The van der Waals surface area contributed by atoms with Gasteiger partial charge in [-0.05, 0) is 24.6 Å². The molecule has 1 amide bonds. The van der Waals surface area contributed by atoms with E-state index in [0.29, 0.717) is 17.3 Å². The van der Waals surface area contributed by atoms with Crippen molar-refractivity contribution in [2.24, 2.45) is 0 Å². The molecule has 1 aromatic carbocycles. The summed E-state index contributed by atoms with van der Waals surface area (Å²) in [6, 6.07) is 7.32. The van der Waals surface area contributed by atoms with Gasteiger partial charge in [-0.1, -0.05) is 35.3 Å². The highest BCUT2D eigenvalue weighted by atomic mass is 35.5. The molecule has 0 saturated carbocycles. The SMILES string of the molecule is Cc1c(Cl)c(C(F)(F)F)nn1CCC(=O)Nc1cnn(Cc2cccc(Cl)c2)c1. The summed E-state index contributed by atoms with van der Waals surface area (Å²) in [4.78, 5) is 12.1. The minimum atomic E-state index is -4.65. The molecule has 0 saturated heterocycles. The van der Waals surface area contributed by atoms with Crippen LogP contribution in [-0.2, 0) is 24.1 Å². The zero-order valence-corrected chi connectivity index (χ0v) is 16.7. The van der Waals surface area contributed by atoms with Gasteiger partial charge in [0, 0.05) is 17.6 Å². The van der Waals surface area contributed by atoms with E-state index < -0.39 is 16.9 Å². The fourth-order valence-corrected chi connectivity index (χ4v) is 3.15. The van der Waals surface area contributed by atoms with E-state index in [1.54, 1.807) is 16.9 Å². The molecule has 2 heterocycles. The highest BCUT2D eigenvalue weighted by molar-refractivity contribution is 6.32. The summed E-state index contributed by atoms with van der Waals surface area (Å²) in [5.74, 6) is -0.383. The number of nitrogens with one attached hydrogen (secondary N) is 1. The standard InChI is InChI=1S/C18H16Cl2F3N5O/c1-11-16(20)17(18(21,22)23)26-28(11)6-5-15(29)25-14-8-24-27(10-14)9-12-3-2-4-13(19)7-12/h2-4,7-8,10H,5-6,9H2,1H3,(H,25,29). The lowest BCUT2D eigenvalue weighted by Gasteiger charge is -2.05. The molecule has 3 aromatic rings. The molecule has 0 fully saturated rings. The van der Waals surface area contributed by atoms with E-state index in [4.69, 9.17) is 23.2 Å². The number of benzene rings is 1. The Hall–Kier alpha value is -2.52. The Kier molecular flexibility index (Phi) is 6.18. The van der Waals surface area contributed by atoms with Gasteiger partial charge in [-0.3, -0.25) is 14.2 Å². The van der Waals surface area contributed by atoms with Gasteiger partial charge >= 0.3 is 6.18 Å². The van der Waals surface area contributed by atoms with Crippen molar-refractivity contribution in [3.05, 3.63) is 63.7 Å². The summed E-state index contributed by atoms with van der Waals surface area (Å²) < 4.78 is 41.3. The number of halogens is 5. The maximum absolute atomic E-state index is 12.9. The van der Waals surface area contributed by atoms with E-state index in [9.17, 15) is 18.0 Å². The average molecular weight is 446 g/mol. The fraction of sp³-hybridized carbons (Fsp3) is 0.278. The second kappa shape index (κ2) is 8.46. The van der Waals surface area contributed by atoms with Crippen molar-refractivity contribution in [3.63, 3.8) is 0 Å². The van der Waals surface area contributed by atoms with Crippen LogP contribution >= 0.6 is 23.2 Å². The van der Waals surface area contributed by atoms with Crippen LogP contribution in [0.4, 0.5) is 18.9 Å². The number of carbonyl (C=O) groups excluding carboxylic acids is 1. The number of alkyl halides is 3. The fourth-order valence-electron chi connectivity index (χ4n) is 2.69. The van der Waals surface area contributed by atoms with Gasteiger partial charge in [0.05, 0.1) is 35.7 Å². The molecule has 3 rings (SSSR count). The quantitative estimate of drug-likeness (QED) is 0.592. The maximum Gasteiger partial charge on any atom is 0.436 e. The third-order valence-corrected chi connectivity index (χ3v) is 4.79. The van der Waals surface area contributed by atoms with E-state index in [-0.39, 0.29) is 24.6 Å². The lowest BCUT2D eigenvalue weighted by Crippen LogP contribution is -2.16. The molecular formula is C18H16Cl2F3N5O. The number of aryl methyl sites for hydroxylation is 1. The first-order valence-corrected chi connectivity index (χ1v) is 9.26. The van der Waals surface area contributed by atoms with E-state index in [2.05, 4.69) is 15.5 Å². The van der Waals surface area contributed by atoms with Crippen molar-refractivity contribution >= 4 is 34.8 Å². The van der Waals surface area contributed by atoms with Crippen LogP contribution < -0.4 is 5.32 Å². The van der Waals surface area contributed by atoms with Crippen molar-refractivity contribution in [3.8, 4) is 0 Å². The number of rotatable bonds is 6. The van der Waals surface area contributed by atoms with Gasteiger partial charge in [0.25, 0.3) is 0 Å². The van der Waals surface area contributed by atoms with Crippen molar-refractivity contribution < 1.29 is 18.0 Å². The smallest absolute Gasteiger partial charge is 0.323 e. The van der Waals surface area contributed by atoms with Gasteiger partial charge in [-0.15, -0.1) is 0 Å².